The summed E-state index contributed by atoms with van der Waals surface area (Å²) in [6.07, 6.45) is 3.16. The number of carbonyl (C=O) groups excluding carboxylic acids is 2. The molecule has 2 aromatic rings. The monoisotopic (exact) mass is 387 g/mol. The molecule has 0 fully saturated rings. The molecule has 0 aliphatic carbocycles. The quantitative estimate of drug-likeness (QED) is 0.641. The summed E-state index contributed by atoms with van der Waals surface area (Å²) in [6, 6.07) is 10.5. The van der Waals surface area contributed by atoms with E-state index in [1.54, 1.807) is 31.4 Å². The third-order valence-corrected chi connectivity index (χ3v) is 4.00. The number of nitrogens with one attached hydrogen (secondary N) is 1. The molecule has 0 saturated heterocycles. The van der Waals surface area contributed by atoms with Crippen LogP contribution in [-0.4, -0.2) is 25.4 Å². The van der Waals surface area contributed by atoms with Gasteiger partial charge in [0, 0.05) is 15.6 Å². The molecule has 0 atom stereocenters. The number of amides is 1. The zero-order valence-electron chi connectivity index (χ0n) is 12.8. The number of methoxy groups -OCH3 is 1. The maximum absolute atomic E-state index is 12.4. The molecule has 24 heavy (non-hydrogen) atoms. The summed E-state index contributed by atoms with van der Waals surface area (Å²) < 4.78 is 11.4. The van der Waals surface area contributed by atoms with Crippen LogP contribution in [0.1, 0.15) is 15.9 Å². The number of hydrogen-bond donors (Lipinski definition) is 1. The predicted molar refractivity (Wildman–Crippen MR) is 94.6 cm³/mol. The molecule has 1 amide bonds. The van der Waals surface area contributed by atoms with Gasteiger partial charge in [-0.05, 0) is 48.6 Å². The fourth-order valence-electron chi connectivity index (χ4n) is 2.33. The summed E-state index contributed by atoms with van der Waals surface area (Å²) in [5.41, 5.74) is 1.75. The minimum atomic E-state index is -0.235. The second kappa shape index (κ2) is 6.88. The molecular weight excluding hydrogens is 374 g/mol. The van der Waals surface area contributed by atoms with Crippen molar-refractivity contribution in [1.82, 2.24) is 0 Å². The van der Waals surface area contributed by atoms with Crippen molar-refractivity contribution < 1.29 is 19.1 Å². The van der Waals surface area contributed by atoms with Crippen LogP contribution < -0.4 is 14.8 Å². The van der Waals surface area contributed by atoms with Gasteiger partial charge in [0.2, 0.25) is 0 Å². The smallest absolute Gasteiger partial charge is 0.262 e. The fraction of sp³-hybridized carbons (Fsp3) is 0.111. The van der Waals surface area contributed by atoms with Crippen LogP contribution in [0, 0.1) is 0 Å². The van der Waals surface area contributed by atoms with E-state index in [1.165, 1.54) is 6.08 Å². The number of carbonyl (C=O) groups is 2. The highest BCUT2D eigenvalue weighted by Crippen LogP contribution is 2.29. The minimum Gasteiger partial charge on any atom is -0.496 e. The number of ether oxygens (including phenoxy) is 2. The Morgan fingerprint density at radius 2 is 2.12 bits per heavy atom. The summed E-state index contributed by atoms with van der Waals surface area (Å²) in [7, 11) is 1.58. The fourth-order valence-corrected chi connectivity index (χ4v) is 2.71. The van der Waals surface area contributed by atoms with E-state index in [-0.39, 0.29) is 18.3 Å². The summed E-state index contributed by atoms with van der Waals surface area (Å²) in [6.45, 7) is -0.0110. The molecule has 2 aromatic carbocycles. The molecule has 122 valence electrons. The molecule has 1 N–H and O–H groups in total. The van der Waals surface area contributed by atoms with E-state index in [9.17, 15) is 9.59 Å². The zero-order chi connectivity index (χ0) is 17.1. The summed E-state index contributed by atoms with van der Waals surface area (Å²) in [5, 5.41) is 2.69. The van der Waals surface area contributed by atoms with Crippen molar-refractivity contribution in [2.24, 2.45) is 0 Å². The van der Waals surface area contributed by atoms with E-state index < -0.39 is 0 Å². The molecule has 0 aromatic heterocycles. The highest BCUT2D eigenvalue weighted by molar-refractivity contribution is 9.10. The van der Waals surface area contributed by atoms with Gasteiger partial charge < -0.3 is 14.8 Å². The maximum Gasteiger partial charge on any atom is 0.262 e. The van der Waals surface area contributed by atoms with E-state index in [0.29, 0.717) is 22.7 Å². The first-order chi connectivity index (χ1) is 11.6. The number of rotatable bonds is 4. The van der Waals surface area contributed by atoms with Gasteiger partial charge in [0.1, 0.15) is 11.5 Å². The molecule has 6 heteroatoms. The molecule has 1 aliphatic heterocycles. The molecule has 0 radical (unpaired) electrons. The number of benzene rings is 2. The summed E-state index contributed by atoms with van der Waals surface area (Å²) >= 11 is 3.40. The zero-order valence-corrected chi connectivity index (χ0v) is 14.4. The molecule has 0 saturated carbocycles. The first-order valence-corrected chi connectivity index (χ1v) is 7.99. The number of halogens is 1. The molecule has 5 nitrogen and oxygen atoms in total. The topological polar surface area (TPSA) is 64.6 Å². The Morgan fingerprint density at radius 3 is 2.92 bits per heavy atom. The van der Waals surface area contributed by atoms with E-state index >= 15 is 0 Å². The van der Waals surface area contributed by atoms with Crippen LogP contribution in [0.2, 0.25) is 0 Å². The predicted octanol–water partition coefficient (Wildman–Crippen LogP) is 3.68. The van der Waals surface area contributed by atoms with Crippen molar-refractivity contribution in [3.8, 4) is 11.5 Å². The SMILES string of the molecule is COc1ccc(Br)cc1C=CC(=O)c1ccc2c(c1)NC(=O)CO2. The number of fused-ring (bicyclic) bond motifs is 1. The number of allylic oxidation sites excluding steroid dienone is 1. The number of anilines is 1. The lowest BCUT2D eigenvalue weighted by Gasteiger charge is -2.18. The summed E-state index contributed by atoms with van der Waals surface area (Å²) in [5.74, 6) is 0.818. The summed E-state index contributed by atoms with van der Waals surface area (Å²) in [4.78, 5) is 23.7. The van der Waals surface area contributed by atoms with Crippen LogP contribution in [0.4, 0.5) is 5.69 Å². The first kappa shape index (κ1) is 16.3. The Morgan fingerprint density at radius 1 is 1.29 bits per heavy atom. The van der Waals surface area contributed by atoms with Crippen molar-refractivity contribution in [3.05, 3.63) is 58.1 Å². The molecule has 3 rings (SSSR count). The van der Waals surface area contributed by atoms with Gasteiger partial charge in [-0.3, -0.25) is 9.59 Å². The molecule has 0 spiro atoms. The Hall–Kier alpha value is -2.60. The Balaban J connectivity index is 1.84. The van der Waals surface area contributed by atoms with Gasteiger partial charge >= 0.3 is 0 Å². The van der Waals surface area contributed by atoms with Crippen LogP contribution in [0.25, 0.3) is 6.08 Å². The number of hydrogen-bond acceptors (Lipinski definition) is 4. The van der Waals surface area contributed by atoms with Crippen LogP contribution in [0.15, 0.2) is 46.9 Å². The first-order valence-electron chi connectivity index (χ1n) is 7.19. The maximum atomic E-state index is 12.4. The van der Waals surface area contributed by atoms with Gasteiger partial charge in [-0.2, -0.15) is 0 Å². The second-order valence-corrected chi connectivity index (χ2v) is 6.05. The molecule has 0 bridgehead atoms. The van der Waals surface area contributed by atoms with Gasteiger partial charge in [0.25, 0.3) is 5.91 Å². The molecule has 1 aliphatic rings. The van der Waals surface area contributed by atoms with Gasteiger partial charge in [0.15, 0.2) is 12.4 Å². The molecule has 1 heterocycles. The van der Waals surface area contributed by atoms with Crippen molar-refractivity contribution in [3.63, 3.8) is 0 Å². The molecule has 0 unspecified atom stereocenters. The third-order valence-electron chi connectivity index (χ3n) is 3.50. The van der Waals surface area contributed by atoms with Crippen LogP contribution in [0.5, 0.6) is 11.5 Å². The Labute approximate surface area is 147 Å². The van der Waals surface area contributed by atoms with Crippen molar-refractivity contribution in [1.29, 1.82) is 0 Å². The lowest BCUT2D eigenvalue weighted by Crippen LogP contribution is -2.25. The van der Waals surface area contributed by atoms with E-state index in [4.69, 9.17) is 9.47 Å². The van der Waals surface area contributed by atoms with Crippen molar-refractivity contribution in [2.45, 2.75) is 0 Å². The van der Waals surface area contributed by atoms with Crippen LogP contribution in [-0.2, 0) is 4.79 Å². The lowest BCUT2D eigenvalue weighted by molar-refractivity contribution is -0.118. The second-order valence-electron chi connectivity index (χ2n) is 5.13. The van der Waals surface area contributed by atoms with Gasteiger partial charge in [-0.15, -0.1) is 0 Å². The van der Waals surface area contributed by atoms with Crippen molar-refractivity contribution in [2.75, 3.05) is 19.0 Å². The lowest BCUT2D eigenvalue weighted by atomic mass is 10.1. The standard InChI is InChI=1S/C18H14BrNO4/c1-23-16-7-4-13(19)8-12(16)2-5-15(21)11-3-6-17-14(9-11)20-18(22)10-24-17/h2-9H,10H2,1H3,(H,20,22). The van der Waals surface area contributed by atoms with E-state index in [2.05, 4.69) is 21.2 Å². The van der Waals surface area contributed by atoms with Crippen molar-refractivity contribution >= 4 is 39.4 Å². The Kier molecular flexibility index (Phi) is 4.66. The van der Waals surface area contributed by atoms with E-state index in [1.807, 2.05) is 18.2 Å². The Bertz CT molecular complexity index is 845. The van der Waals surface area contributed by atoms with Crippen LogP contribution in [0.3, 0.4) is 0 Å². The number of ketones is 1. The largest absolute Gasteiger partial charge is 0.496 e. The minimum absolute atomic E-state index is 0.0110. The normalized spacial score (nSPS) is 13.2. The highest BCUT2D eigenvalue weighted by Gasteiger charge is 2.17. The highest BCUT2D eigenvalue weighted by atomic mass is 79.9. The van der Waals surface area contributed by atoms with Gasteiger partial charge in [0.05, 0.1) is 12.8 Å². The third kappa shape index (κ3) is 3.49. The van der Waals surface area contributed by atoms with Crippen LogP contribution >= 0.6 is 15.9 Å². The average Bonchev–Trinajstić information content (AvgIpc) is 2.59. The molecular formula is C18H14BrNO4. The van der Waals surface area contributed by atoms with E-state index in [0.717, 1.165) is 10.0 Å². The van der Waals surface area contributed by atoms with Gasteiger partial charge in [-0.1, -0.05) is 15.9 Å². The van der Waals surface area contributed by atoms with Gasteiger partial charge in [-0.25, -0.2) is 0 Å². The average molecular weight is 388 g/mol.